The molecule has 0 spiro atoms. The molecule has 1 heterocycles. The lowest BCUT2D eigenvalue weighted by atomic mass is 10.1. The van der Waals surface area contributed by atoms with Gasteiger partial charge in [0.25, 0.3) is 0 Å². The second-order valence-electron chi connectivity index (χ2n) is 6.85. The lowest BCUT2D eigenvalue weighted by Gasteiger charge is -2.35. The van der Waals surface area contributed by atoms with E-state index in [-0.39, 0.29) is 11.2 Å². The van der Waals surface area contributed by atoms with Crippen molar-refractivity contribution in [2.24, 2.45) is 0 Å². The lowest BCUT2D eigenvalue weighted by Crippen LogP contribution is -2.49. The van der Waals surface area contributed by atoms with Gasteiger partial charge in [-0.15, -0.1) is 0 Å². The van der Waals surface area contributed by atoms with Gasteiger partial charge in [-0.3, -0.25) is 10.9 Å². The van der Waals surface area contributed by atoms with Gasteiger partial charge in [0.05, 0.1) is 17.7 Å². The monoisotopic (exact) mass is 304 g/mol. The van der Waals surface area contributed by atoms with Crippen LogP contribution in [0.25, 0.3) is 0 Å². The van der Waals surface area contributed by atoms with Crippen LogP contribution in [0.5, 0.6) is 0 Å². The zero-order chi connectivity index (χ0) is 16.0. The number of nitrogens with one attached hydrogen (secondary N) is 2. The van der Waals surface area contributed by atoms with Crippen molar-refractivity contribution in [3.63, 3.8) is 0 Å². The summed E-state index contributed by atoms with van der Waals surface area (Å²) in [4.78, 5) is 22.6. The van der Waals surface area contributed by atoms with Crippen molar-refractivity contribution in [2.75, 3.05) is 13.1 Å². The molecule has 1 rings (SSSR count). The van der Waals surface area contributed by atoms with Crippen LogP contribution < -0.4 is 10.9 Å². The van der Waals surface area contributed by atoms with Crippen LogP contribution in [0.2, 0.25) is 0 Å². The van der Waals surface area contributed by atoms with Crippen molar-refractivity contribution in [2.45, 2.75) is 84.2 Å². The third-order valence-electron chi connectivity index (χ3n) is 3.88. The fourth-order valence-corrected chi connectivity index (χ4v) is 1.47. The Morgan fingerprint density at radius 3 is 1.90 bits per heavy atom. The summed E-state index contributed by atoms with van der Waals surface area (Å²) in [7, 11) is 0. The molecule has 0 unspecified atom stereocenters. The fourth-order valence-electron chi connectivity index (χ4n) is 1.47. The maximum atomic E-state index is 5.70. The van der Waals surface area contributed by atoms with Gasteiger partial charge >= 0.3 is 0 Å². The van der Waals surface area contributed by atoms with Crippen LogP contribution in [0.15, 0.2) is 0 Å². The highest BCUT2D eigenvalue weighted by Gasteiger charge is 2.40. The largest absolute Gasteiger partial charge is 0.258 e. The molecule has 0 aromatic carbocycles. The SMILES string of the molecule is CCC(C)(C)OOC1(OOC(C)(C)CC)CCCNNC1. The minimum absolute atomic E-state index is 0.365. The van der Waals surface area contributed by atoms with E-state index in [2.05, 4.69) is 24.7 Å². The summed E-state index contributed by atoms with van der Waals surface area (Å²) in [5.41, 5.74) is 5.46. The van der Waals surface area contributed by atoms with Crippen LogP contribution in [-0.2, 0) is 19.6 Å². The van der Waals surface area contributed by atoms with E-state index in [1.54, 1.807) is 0 Å². The first kappa shape index (κ1) is 18.8. The first-order valence-electron chi connectivity index (χ1n) is 7.94. The van der Waals surface area contributed by atoms with Gasteiger partial charge in [-0.05, 0) is 47.0 Å². The Bertz CT molecular complexity index is 278. The molecule has 1 fully saturated rings. The maximum absolute atomic E-state index is 5.70. The van der Waals surface area contributed by atoms with Crippen molar-refractivity contribution < 1.29 is 19.6 Å². The van der Waals surface area contributed by atoms with Crippen molar-refractivity contribution in [1.82, 2.24) is 10.9 Å². The Morgan fingerprint density at radius 2 is 1.43 bits per heavy atom. The third kappa shape index (κ3) is 6.59. The molecule has 21 heavy (non-hydrogen) atoms. The van der Waals surface area contributed by atoms with Crippen LogP contribution in [0.3, 0.4) is 0 Å². The first-order valence-corrected chi connectivity index (χ1v) is 7.94. The standard InChI is InChI=1S/C15H32N2O4/c1-7-13(3,4)18-20-15(10-9-11-16-17-12-15)21-19-14(5,6)8-2/h16-17H,7-12H2,1-6H3. The molecule has 0 amide bonds. The Labute approximate surface area is 128 Å². The average Bonchev–Trinajstić information content (AvgIpc) is 2.70. The molecule has 0 aliphatic carbocycles. The molecule has 126 valence electrons. The molecule has 0 aromatic rings. The topological polar surface area (TPSA) is 61.0 Å². The van der Waals surface area contributed by atoms with E-state index < -0.39 is 5.79 Å². The molecular formula is C15H32N2O4. The summed E-state index contributed by atoms with van der Waals surface area (Å²) < 4.78 is 0. The highest BCUT2D eigenvalue weighted by Crippen LogP contribution is 2.28. The molecule has 0 aromatic heterocycles. The third-order valence-corrected chi connectivity index (χ3v) is 3.88. The van der Waals surface area contributed by atoms with Crippen LogP contribution in [0.1, 0.15) is 67.2 Å². The summed E-state index contributed by atoms with van der Waals surface area (Å²) in [6.07, 6.45) is 3.28. The van der Waals surface area contributed by atoms with E-state index >= 15 is 0 Å². The Morgan fingerprint density at radius 1 is 0.905 bits per heavy atom. The van der Waals surface area contributed by atoms with E-state index in [1.165, 1.54) is 0 Å². The number of hydrogen-bond donors (Lipinski definition) is 2. The molecule has 0 atom stereocenters. The van der Waals surface area contributed by atoms with Gasteiger partial charge in [-0.25, -0.2) is 9.78 Å². The summed E-state index contributed by atoms with van der Waals surface area (Å²) in [5.74, 6) is -0.942. The molecule has 2 N–H and O–H groups in total. The number of hydrazine groups is 1. The van der Waals surface area contributed by atoms with Crippen LogP contribution in [0, 0.1) is 0 Å². The van der Waals surface area contributed by atoms with E-state index in [0.717, 1.165) is 25.8 Å². The molecule has 1 saturated heterocycles. The highest BCUT2D eigenvalue weighted by atomic mass is 17.3. The number of rotatable bonds is 8. The Hall–Kier alpha value is -0.240. The molecule has 0 saturated carbocycles. The predicted octanol–water partition coefficient (Wildman–Crippen LogP) is 2.84. The van der Waals surface area contributed by atoms with Crippen molar-refractivity contribution in [3.8, 4) is 0 Å². The molecule has 0 radical (unpaired) electrons. The zero-order valence-corrected chi connectivity index (χ0v) is 14.4. The van der Waals surface area contributed by atoms with Crippen molar-refractivity contribution >= 4 is 0 Å². The van der Waals surface area contributed by atoms with Gasteiger partial charge in [0.15, 0.2) is 0 Å². The molecule has 6 nitrogen and oxygen atoms in total. The smallest absolute Gasteiger partial charge is 0.247 e. The second-order valence-corrected chi connectivity index (χ2v) is 6.85. The second kappa shape index (κ2) is 7.85. The fraction of sp³-hybridized carbons (Fsp3) is 1.00. The average molecular weight is 304 g/mol. The van der Waals surface area contributed by atoms with Gasteiger partial charge in [-0.2, -0.15) is 9.78 Å². The van der Waals surface area contributed by atoms with Crippen LogP contribution in [0.4, 0.5) is 0 Å². The molecular weight excluding hydrogens is 272 g/mol. The predicted molar refractivity (Wildman–Crippen MR) is 81.1 cm³/mol. The van der Waals surface area contributed by atoms with E-state index in [9.17, 15) is 0 Å². The van der Waals surface area contributed by atoms with Gasteiger partial charge in [0.1, 0.15) is 0 Å². The van der Waals surface area contributed by atoms with Crippen LogP contribution in [-0.4, -0.2) is 30.1 Å². The highest BCUT2D eigenvalue weighted by molar-refractivity contribution is 4.75. The van der Waals surface area contributed by atoms with E-state index in [4.69, 9.17) is 19.6 Å². The first-order chi connectivity index (χ1) is 9.74. The molecule has 0 bridgehead atoms. The van der Waals surface area contributed by atoms with E-state index in [1.807, 2.05) is 27.7 Å². The molecule has 1 aliphatic heterocycles. The quantitative estimate of drug-likeness (QED) is 0.408. The normalized spacial score (nSPS) is 20.3. The van der Waals surface area contributed by atoms with Crippen molar-refractivity contribution in [1.29, 1.82) is 0 Å². The summed E-state index contributed by atoms with van der Waals surface area (Å²) in [6.45, 7) is 13.4. The van der Waals surface area contributed by atoms with Crippen molar-refractivity contribution in [3.05, 3.63) is 0 Å². The summed E-state index contributed by atoms with van der Waals surface area (Å²) >= 11 is 0. The minimum Gasteiger partial charge on any atom is -0.258 e. The minimum atomic E-state index is -0.942. The van der Waals surface area contributed by atoms with Gasteiger partial charge in [0, 0.05) is 13.0 Å². The zero-order valence-electron chi connectivity index (χ0n) is 14.4. The summed E-state index contributed by atoms with van der Waals surface area (Å²) in [6, 6.07) is 0. The molecule has 1 aliphatic rings. The Balaban J connectivity index is 2.69. The van der Waals surface area contributed by atoms with E-state index in [0.29, 0.717) is 13.0 Å². The van der Waals surface area contributed by atoms with Gasteiger partial charge in [0.2, 0.25) is 5.79 Å². The summed E-state index contributed by atoms with van der Waals surface area (Å²) in [5, 5.41) is 0. The Kier molecular flexibility index (Phi) is 7.03. The number of hydrogen-bond acceptors (Lipinski definition) is 6. The lowest BCUT2D eigenvalue weighted by molar-refractivity contribution is -0.542. The van der Waals surface area contributed by atoms with Gasteiger partial charge in [-0.1, -0.05) is 13.8 Å². The van der Waals surface area contributed by atoms with Gasteiger partial charge < -0.3 is 0 Å². The van der Waals surface area contributed by atoms with Crippen LogP contribution >= 0.6 is 0 Å². The molecule has 6 heteroatoms. The maximum Gasteiger partial charge on any atom is 0.247 e.